The van der Waals surface area contributed by atoms with Gasteiger partial charge in [-0.05, 0) is 64.4 Å². The van der Waals surface area contributed by atoms with Crippen LogP contribution < -0.4 is 5.56 Å². The normalized spacial score (nSPS) is 12.3. The summed E-state index contributed by atoms with van der Waals surface area (Å²) < 4.78 is 1.89. The Balaban J connectivity index is 1.48. The van der Waals surface area contributed by atoms with Crippen LogP contribution >= 0.6 is 0 Å². The third-order valence-corrected chi connectivity index (χ3v) is 6.79. The summed E-state index contributed by atoms with van der Waals surface area (Å²) in [7, 11) is 0. The minimum atomic E-state index is -0.0846. The first kappa shape index (κ1) is 24.5. The lowest BCUT2D eigenvalue weighted by atomic mass is 10.1. The number of aromatic amines is 1. The highest BCUT2D eigenvalue weighted by Gasteiger charge is 2.26. The number of tetrazole rings is 1. The molecule has 3 aromatic heterocycles. The molecule has 0 saturated carbocycles. The Kier molecular flexibility index (Phi) is 7.46. The molecule has 1 N–H and O–H groups in total. The van der Waals surface area contributed by atoms with E-state index in [1.165, 1.54) is 5.56 Å². The Morgan fingerprint density at radius 3 is 2.62 bits per heavy atom. The van der Waals surface area contributed by atoms with Crippen molar-refractivity contribution in [2.24, 2.45) is 0 Å². The highest BCUT2D eigenvalue weighted by Crippen LogP contribution is 2.27. The molecular formula is C29H31N7O. The molecule has 0 fully saturated rings. The smallest absolute Gasteiger partial charge is 0.252 e. The van der Waals surface area contributed by atoms with E-state index in [0.29, 0.717) is 25.2 Å². The predicted octanol–water partition coefficient (Wildman–Crippen LogP) is 4.61. The van der Waals surface area contributed by atoms with Gasteiger partial charge in [0.15, 0.2) is 5.82 Å². The Bertz CT molecular complexity index is 1510. The van der Waals surface area contributed by atoms with Crippen molar-refractivity contribution in [1.29, 1.82) is 0 Å². The van der Waals surface area contributed by atoms with Crippen LogP contribution in [0, 0.1) is 6.92 Å². The second kappa shape index (κ2) is 11.3. The number of fused-ring (bicyclic) bond motifs is 1. The van der Waals surface area contributed by atoms with Crippen LogP contribution in [0.25, 0.3) is 10.9 Å². The highest BCUT2D eigenvalue weighted by atomic mass is 16.1. The van der Waals surface area contributed by atoms with Gasteiger partial charge >= 0.3 is 0 Å². The standard InChI is InChI=1S/C29H31N7O/c1-3-26(28-32-33-34-36(28)16-14-22-10-5-4-6-11-22)35(19-23-12-8-15-30-18-23)20-25-17-24-13-7-9-21(2)27(24)31-29(25)37/h4-13,15,17-18,26H,3,14,16,19-20H2,1-2H3,(H,31,37)/t26-/m1/s1. The Hall–Kier alpha value is -4.17. The van der Waals surface area contributed by atoms with E-state index in [4.69, 9.17) is 0 Å². The Labute approximate surface area is 216 Å². The van der Waals surface area contributed by atoms with Gasteiger partial charge in [-0.2, -0.15) is 0 Å². The van der Waals surface area contributed by atoms with Crippen molar-refractivity contribution in [2.75, 3.05) is 0 Å². The molecule has 5 aromatic rings. The van der Waals surface area contributed by atoms with Gasteiger partial charge in [-0.1, -0.05) is 61.5 Å². The van der Waals surface area contributed by atoms with E-state index >= 15 is 0 Å². The van der Waals surface area contributed by atoms with Crippen LogP contribution in [-0.4, -0.2) is 35.1 Å². The zero-order valence-corrected chi connectivity index (χ0v) is 21.2. The van der Waals surface area contributed by atoms with Gasteiger partial charge in [0, 0.05) is 37.6 Å². The maximum Gasteiger partial charge on any atom is 0.252 e. The second-order valence-corrected chi connectivity index (χ2v) is 9.35. The zero-order chi connectivity index (χ0) is 25.6. The number of hydrogen-bond acceptors (Lipinski definition) is 6. The van der Waals surface area contributed by atoms with Crippen LogP contribution in [0.5, 0.6) is 0 Å². The third kappa shape index (κ3) is 5.65. The summed E-state index contributed by atoms with van der Waals surface area (Å²) >= 11 is 0. The van der Waals surface area contributed by atoms with Crippen molar-refractivity contribution < 1.29 is 0 Å². The van der Waals surface area contributed by atoms with Gasteiger partial charge in [0.05, 0.1) is 11.6 Å². The minimum absolute atomic E-state index is 0.0727. The van der Waals surface area contributed by atoms with Crippen molar-refractivity contribution in [2.45, 2.75) is 52.4 Å². The van der Waals surface area contributed by atoms with Crippen molar-refractivity contribution >= 4 is 10.9 Å². The van der Waals surface area contributed by atoms with E-state index < -0.39 is 0 Å². The Morgan fingerprint density at radius 1 is 1.00 bits per heavy atom. The van der Waals surface area contributed by atoms with Crippen molar-refractivity contribution in [3.63, 3.8) is 0 Å². The first-order valence-corrected chi connectivity index (χ1v) is 12.7. The molecule has 5 rings (SSSR count). The molecule has 0 aliphatic heterocycles. The zero-order valence-electron chi connectivity index (χ0n) is 21.2. The average molecular weight is 494 g/mol. The molecule has 0 spiro atoms. The molecule has 0 radical (unpaired) electrons. The fourth-order valence-electron chi connectivity index (χ4n) is 4.86. The Morgan fingerprint density at radius 2 is 1.84 bits per heavy atom. The van der Waals surface area contributed by atoms with E-state index in [1.807, 2.05) is 66.3 Å². The lowest BCUT2D eigenvalue weighted by molar-refractivity contribution is 0.160. The fourth-order valence-corrected chi connectivity index (χ4v) is 4.86. The monoisotopic (exact) mass is 493 g/mol. The van der Waals surface area contributed by atoms with Gasteiger partial charge < -0.3 is 4.98 Å². The topological polar surface area (TPSA) is 92.6 Å². The van der Waals surface area contributed by atoms with E-state index in [-0.39, 0.29) is 11.6 Å². The molecular weight excluding hydrogens is 462 g/mol. The summed E-state index contributed by atoms with van der Waals surface area (Å²) in [5.41, 5.74) is 4.88. The lowest BCUT2D eigenvalue weighted by Gasteiger charge is -2.30. The molecule has 188 valence electrons. The number of benzene rings is 2. The number of para-hydroxylation sites is 1. The largest absolute Gasteiger partial charge is 0.321 e. The van der Waals surface area contributed by atoms with Crippen LogP contribution in [-0.2, 0) is 26.1 Å². The van der Waals surface area contributed by atoms with Gasteiger partial charge in [0.1, 0.15) is 0 Å². The van der Waals surface area contributed by atoms with Crippen LogP contribution in [0.4, 0.5) is 0 Å². The molecule has 2 aromatic carbocycles. The van der Waals surface area contributed by atoms with Crippen LogP contribution in [0.2, 0.25) is 0 Å². The molecule has 8 nitrogen and oxygen atoms in total. The predicted molar refractivity (Wildman–Crippen MR) is 144 cm³/mol. The molecule has 0 bridgehead atoms. The van der Waals surface area contributed by atoms with Gasteiger partial charge in [-0.25, -0.2) is 4.68 Å². The van der Waals surface area contributed by atoms with Crippen molar-refractivity contribution in [3.8, 4) is 0 Å². The molecule has 0 aliphatic rings. The maximum atomic E-state index is 13.2. The number of nitrogens with one attached hydrogen (secondary N) is 1. The van der Waals surface area contributed by atoms with Crippen molar-refractivity contribution in [3.05, 3.63) is 118 Å². The molecule has 8 heteroatoms. The number of H-pyrrole nitrogens is 1. The van der Waals surface area contributed by atoms with Crippen molar-refractivity contribution in [1.82, 2.24) is 35.1 Å². The highest BCUT2D eigenvalue weighted by molar-refractivity contribution is 5.81. The van der Waals surface area contributed by atoms with E-state index in [1.54, 1.807) is 6.20 Å². The van der Waals surface area contributed by atoms with Crippen LogP contribution in [0.1, 0.15) is 47.5 Å². The molecule has 37 heavy (non-hydrogen) atoms. The summed E-state index contributed by atoms with van der Waals surface area (Å²) in [6.07, 6.45) is 5.26. The summed E-state index contributed by atoms with van der Waals surface area (Å²) in [6, 6.07) is 22.3. The van der Waals surface area contributed by atoms with Crippen LogP contribution in [0.3, 0.4) is 0 Å². The minimum Gasteiger partial charge on any atom is -0.321 e. The SMILES string of the molecule is CC[C@H](c1nnnn1CCc1ccccc1)N(Cc1cccnc1)Cc1cc2cccc(C)c2[nH]c1=O. The van der Waals surface area contributed by atoms with E-state index in [2.05, 4.69) is 55.5 Å². The summed E-state index contributed by atoms with van der Waals surface area (Å²) in [4.78, 5) is 22.8. The summed E-state index contributed by atoms with van der Waals surface area (Å²) in [6.45, 7) is 5.89. The summed E-state index contributed by atoms with van der Waals surface area (Å²) in [5.74, 6) is 0.801. The first-order chi connectivity index (χ1) is 18.1. The maximum absolute atomic E-state index is 13.2. The van der Waals surface area contributed by atoms with E-state index in [9.17, 15) is 4.79 Å². The van der Waals surface area contributed by atoms with Gasteiger partial charge in [-0.3, -0.25) is 14.7 Å². The van der Waals surface area contributed by atoms with Crippen LogP contribution in [0.15, 0.2) is 83.9 Å². The number of aromatic nitrogens is 6. The molecule has 0 aliphatic carbocycles. The number of aryl methyl sites for hydroxylation is 3. The fraction of sp³-hybridized carbons (Fsp3) is 0.276. The average Bonchev–Trinajstić information content (AvgIpc) is 3.38. The number of nitrogens with zero attached hydrogens (tertiary/aromatic N) is 6. The van der Waals surface area contributed by atoms with Gasteiger partial charge in [-0.15, -0.1) is 5.10 Å². The lowest BCUT2D eigenvalue weighted by Crippen LogP contribution is -2.32. The number of pyridine rings is 2. The number of rotatable bonds is 10. The molecule has 3 heterocycles. The molecule has 0 saturated heterocycles. The molecule has 0 unspecified atom stereocenters. The quantitative estimate of drug-likeness (QED) is 0.305. The number of hydrogen-bond donors (Lipinski definition) is 1. The first-order valence-electron chi connectivity index (χ1n) is 12.7. The van der Waals surface area contributed by atoms with E-state index in [0.717, 1.165) is 40.7 Å². The van der Waals surface area contributed by atoms with Gasteiger partial charge in [0.25, 0.3) is 5.56 Å². The van der Waals surface area contributed by atoms with Gasteiger partial charge in [0.2, 0.25) is 0 Å². The summed E-state index contributed by atoms with van der Waals surface area (Å²) in [5, 5.41) is 13.8. The molecule has 0 amide bonds. The second-order valence-electron chi connectivity index (χ2n) is 9.35. The molecule has 1 atom stereocenters. The third-order valence-electron chi connectivity index (χ3n) is 6.79.